The average molecular weight is 501 g/mol. The summed E-state index contributed by atoms with van der Waals surface area (Å²) < 4.78 is 18.6. The van der Waals surface area contributed by atoms with Crippen molar-refractivity contribution < 1.29 is 24.1 Å². The van der Waals surface area contributed by atoms with Crippen molar-refractivity contribution in [1.29, 1.82) is 0 Å². The first-order valence-electron chi connectivity index (χ1n) is 12.1. The number of carbonyl (C=O) groups excluding carboxylic acids is 1. The third-order valence-corrected chi connectivity index (χ3v) is 7.54. The summed E-state index contributed by atoms with van der Waals surface area (Å²) in [4.78, 5) is 31.1. The van der Waals surface area contributed by atoms with Crippen LogP contribution in [-0.2, 0) is 28.3 Å². The van der Waals surface area contributed by atoms with Crippen LogP contribution in [0.4, 0.5) is 5.82 Å². The van der Waals surface area contributed by atoms with Crippen LogP contribution in [0.5, 0.6) is 11.5 Å². The lowest BCUT2D eigenvalue weighted by Gasteiger charge is -2.31. The van der Waals surface area contributed by atoms with Gasteiger partial charge >= 0.3 is 5.97 Å². The maximum atomic E-state index is 13.6. The molecule has 0 aliphatic carbocycles. The summed E-state index contributed by atoms with van der Waals surface area (Å²) in [6.45, 7) is 3.81. The zero-order valence-electron chi connectivity index (χ0n) is 20.1. The number of nitrogens with zero attached hydrogens (tertiary/aromatic N) is 3. The van der Waals surface area contributed by atoms with Gasteiger partial charge < -0.3 is 29.2 Å². The van der Waals surface area contributed by atoms with E-state index in [2.05, 4.69) is 15.5 Å². The molecule has 3 aromatic heterocycles. The molecule has 0 fully saturated rings. The van der Waals surface area contributed by atoms with Crippen molar-refractivity contribution in [3.05, 3.63) is 63.1 Å². The predicted molar refractivity (Wildman–Crippen MR) is 131 cm³/mol. The predicted octanol–water partition coefficient (Wildman–Crippen LogP) is 2.70. The highest BCUT2D eigenvalue weighted by atomic mass is 16.7. The van der Waals surface area contributed by atoms with Crippen LogP contribution < -0.4 is 20.3 Å². The molecule has 37 heavy (non-hydrogen) atoms. The molecule has 0 bridgehead atoms. The first kappa shape index (κ1) is 21.9. The van der Waals surface area contributed by atoms with Gasteiger partial charge in [0.2, 0.25) is 6.79 Å². The molecule has 3 aliphatic heterocycles. The summed E-state index contributed by atoms with van der Waals surface area (Å²) in [6.07, 6.45) is 1.75. The number of rotatable bonds is 4. The van der Waals surface area contributed by atoms with E-state index in [0.29, 0.717) is 28.4 Å². The van der Waals surface area contributed by atoms with Crippen LogP contribution in [-0.4, -0.2) is 37.6 Å². The monoisotopic (exact) mass is 501 g/mol. The van der Waals surface area contributed by atoms with E-state index < -0.39 is 11.6 Å². The van der Waals surface area contributed by atoms with Crippen molar-refractivity contribution in [2.24, 2.45) is 0 Å². The molecule has 0 saturated heterocycles. The van der Waals surface area contributed by atoms with Gasteiger partial charge in [0.05, 0.1) is 46.6 Å². The Morgan fingerprint density at radius 3 is 2.86 bits per heavy atom. The summed E-state index contributed by atoms with van der Waals surface area (Å²) in [5.41, 5.74) is 1.79. The Balaban J connectivity index is 1.47. The van der Waals surface area contributed by atoms with Crippen molar-refractivity contribution in [3.8, 4) is 22.9 Å². The lowest BCUT2D eigenvalue weighted by molar-refractivity contribution is -0.172. The molecule has 3 N–H and O–H groups in total. The van der Waals surface area contributed by atoms with Crippen molar-refractivity contribution >= 4 is 22.7 Å². The number of carbonyl (C=O) groups is 1. The van der Waals surface area contributed by atoms with Crippen LogP contribution in [0.1, 0.15) is 48.6 Å². The Bertz CT molecular complexity index is 1680. The highest BCUT2D eigenvalue weighted by molar-refractivity contribution is 5.98. The third-order valence-electron chi connectivity index (χ3n) is 7.54. The van der Waals surface area contributed by atoms with E-state index in [1.54, 1.807) is 23.8 Å². The van der Waals surface area contributed by atoms with Gasteiger partial charge in [-0.1, -0.05) is 13.0 Å². The maximum absolute atomic E-state index is 13.6. The van der Waals surface area contributed by atoms with Gasteiger partial charge in [-0.2, -0.15) is 5.10 Å². The largest absolute Gasteiger partial charge is 0.458 e. The number of cyclic esters (lactones) is 1. The lowest BCUT2D eigenvalue weighted by atomic mass is 9.86. The number of benzene rings is 1. The van der Waals surface area contributed by atoms with E-state index in [9.17, 15) is 14.7 Å². The molecule has 0 spiro atoms. The quantitative estimate of drug-likeness (QED) is 0.317. The van der Waals surface area contributed by atoms with Crippen LogP contribution in [0.25, 0.3) is 22.3 Å². The summed E-state index contributed by atoms with van der Waals surface area (Å²) >= 11 is 0. The van der Waals surface area contributed by atoms with Gasteiger partial charge in [-0.3, -0.25) is 9.89 Å². The van der Waals surface area contributed by atoms with Crippen LogP contribution in [0.15, 0.2) is 35.3 Å². The Labute approximate surface area is 210 Å². The molecule has 7 rings (SSSR count). The fraction of sp³-hybridized carbons (Fsp3) is 0.308. The number of aromatic nitrogens is 4. The topological polar surface area (TPSA) is 141 Å². The second-order valence-corrected chi connectivity index (χ2v) is 9.49. The summed E-state index contributed by atoms with van der Waals surface area (Å²) in [5.74, 6) is 1.29. The number of fused-ring (bicyclic) bond motifs is 5. The number of anilines is 1. The maximum Gasteiger partial charge on any atom is 0.343 e. The minimum Gasteiger partial charge on any atom is -0.458 e. The molecule has 6 heterocycles. The normalized spacial score (nSPS) is 19.8. The first-order valence-corrected chi connectivity index (χ1v) is 12.1. The Hall–Kier alpha value is -4.38. The van der Waals surface area contributed by atoms with Crippen LogP contribution in [0, 0.1) is 0 Å². The van der Waals surface area contributed by atoms with Gasteiger partial charge in [0.1, 0.15) is 23.9 Å². The minimum atomic E-state index is -1.89. The Kier molecular flexibility index (Phi) is 4.47. The fourth-order valence-electron chi connectivity index (χ4n) is 5.56. The van der Waals surface area contributed by atoms with Gasteiger partial charge in [-0.05, 0) is 31.5 Å². The zero-order valence-corrected chi connectivity index (χ0v) is 20.1. The number of H-pyrrole nitrogens is 1. The van der Waals surface area contributed by atoms with E-state index in [1.165, 1.54) is 0 Å². The fourth-order valence-corrected chi connectivity index (χ4v) is 5.56. The first-order chi connectivity index (χ1) is 17.9. The molecule has 0 amide bonds. The lowest BCUT2D eigenvalue weighted by Crippen LogP contribution is -2.44. The molecule has 0 radical (unpaired) electrons. The van der Waals surface area contributed by atoms with E-state index in [-0.39, 0.29) is 49.1 Å². The Morgan fingerprint density at radius 1 is 1.22 bits per heavy atom. The summed E-state index contributed by atoms with van der Waals surface area (Å²) in [6, 6.07) is 7.25. The number of ether oxygens (including phenoxy) is 3. The van der Waals surface area contributed by atoms with E-state index in [4.69, 9.17) is 19.2 Å². The number of aliphatic hydroxyl groups is 1. The highest BCUT2D eigenvalue weighted by Gasteiger charge is 2.45. The molecule has 1 aromatic carbocycles. The second-order valence-electron chi connectivity index (χ2n) is 9.49. The molecule has 11 nitrogen and oxygen atoms in total. The number of hydrogen-bond acceptors (Lipinski definition) is 9. The second kappa shape index (κ2) is 7.56. The number of hydrogen-bond donors (Lipinski definition) is 3. The number of pyridine rings is 2. The summed E-state index contributed by atoms with van der Waals surface area (Å²) in [5, 5.41) is 22.2. The van der Waals surface area contributed by atoms with Crippen LogP contribution >= 0.6 is 0 Å². The SMILES string of the molecule is CC[C@@]1(O)C(=O)OCc2c1cc1n(c2=O)Cc2c-1nc1c(C(C)Nc3ccn[nH]3)ccc3c1c2OCO3. The molecule has 0 saturated carbocycles. The van der Waals surface area contributed by atoms with Gasteiger partial charge in [0, 0.05) is 16.7 Å². The summed E-state index contributed by atoms with van der Waals surface area (Å²) in [7, 11) is 0. The number of aromatic amines is 1. The molecular weight excluding hydrogens is 478 g/mol. The molecule has 2 atom stereocenters. The van der Waals surface area contributed by atoms with Crippen molar-refractivity contribution in [2.75, 3.05) is 12.1 Å². The van der Waals surface area contributed by atoms with E-state index in [1.807, 2.05) is 25.1 Å². The highest BCUT2D eigenvalue weighted by Crippen LogP contribution is 2.47. The van der Waals surface area contributed by atoms with Gasteiger partial charge in [-0.25, -0.2) is 9.78 Å². The minimum absolute atomic E-state index is 0.0412. The van der Waals surface area contributed by atoms with Crippen LogP contribution in [0.3, 0.4) is 0 Å². The average Bonchev–Trinajstić information content (AvgIpc) is 3.55. The third kappa shape index (κ3) is 2.91. The number of nitrogens with one attached hydrogen (secondary N) is 2. The molecule has 1 unspecified atom stereocenters. The molecule has 4 aromatic rings. The molecule has 188 valence electrons. The van der Waals surface area contributed by atoms with E-state index in [0.717, 1.165) is 22.3 Å². The molecule has 3 aliphatic rings. The Morgan fingerprint density at radius 2 is 2.08 bits per heavy atom. The zero-order chi connectivity index (χ0) is 25.5. The molecule has 11 heteroatoms. The van der Waals surface area contributed by atoms with Crippen LogP contribution in [0.2, 0.25) is 0 Å². The standard InChI is InChI=1S/C26H23N5O6/c1-3-26(34)16-8-17-21-14(9-31(17)24(32)15(16)10-35-25(26)33)23-20-18(36-11-37-23)5-4-13(22(20)29-21)12(2)28-19-6-7-27-30-19/h4-8,12,34H,3,9-11H2,1-2H3,(H2,27,28,30)/t12?,26-/m0/s1. The van der Waals surface area contributed by atoms with Crippen molar-refractivity contribution in [2.45, 2.75) is 45.1 Å². The van der Waals surface area contributed by atoms with Gasteiger partial charge in [0.15, 0.2) is 5.60 Å². The van der Waals surface area contributed by atoms with E-state index >= 15 is 0 Å². The van der Waals surface area contributed by atoms with Gasteiger partial charge in [-0.15, -0.1) is 0 Å². The van der Waals surface area contributed by atoms with Crippen molar-refractivity contribution in [3.63, 3.8) is 0 Å². The number of esters is 1. The van der Waals surface area contributed by atoms with Crippen molar-refractivity contribution in [1.82, 2.24) is 19.7 Å². The molecular formula is C26H23N5O6. The van der Waals surface area contributed by atoms with Gasteiger partial charge in [0.25, 0.3) is 5.56 Å². The smallest absolute Gasteiger partial charge is 0.343 e.